The molecule has 4 aromatic carbocycles. The summed E-state index contributed by atoms with van der Waals surface area (Å²) in [4.78, 5) is 15.9. The average molecular weight is 595 g/mol. The molecule has 0 radical (unpaired) electrons. The van der Waals surface area contributed by atoms with Crippen LogP contribution in [0.1, 0.15) is 66.8 Å². The summed E-state index contributed by atoms with van der Waals surface area (Å²) in [5, 5.41) is 0. The summed E-state index contributed by atoms with van der Waals surface area (Å²) in [7, 11) is 0. The normalized spacial score (nSPS) is 18.3. The third-order valence-electron chi connectivity index (χ3n) is 11.9. The third kappa shape index (κ3) is 3.35. The second kappa shape index (κ2) is 8.68. The molecule has 0 aliphatic carbocycles. The highest BCUT2D eigenvalue weighted by Gasteiger charge is 2.41. The number of hydrogen-bond donors (Lipinski definition) is 0. The van der Waals surface area contributed by atoms with Crippen molar-refractivity contribution < 1.29 is 0 Å². The summed E-state index contributed by atoms with van der Waals surface area (Å²) < 4.78 is 0. The lowest BCUT2D eigenvalue weighted by molar-refractivity contribution is 0.615. The third-order valence-corrected chi connectivity index (χ3v) is 11.9. The molecule has 0 saturated heterocycles. The first-order valence-corrected chi connectivity index (χ1v) is 16.7. The van der Waals surface area contributed by atoms with Crippen LogP contribution in [0.2, 0.25) is 0 Å². The van der Waals surface area contributed by atoms with Gasteiger partial charge in [0.05, 0.1) is 20.0 Å². The van der Waals surface area contributed by atoms with Gasteiger partial charge in [0, 0.05) is 95.6 Å². The molecule has 0 unspecified atom stereocenters. The van der Waals surface area contributed by atoms with Crippen molar-refractivity contribution in [2.24, 2.45) is 0 Å². The molecule has 0 atom stereocenters. The fourth-order valence-electron chi connectivity index (χ4n) is 9.99. The van der Waals surface area contributed by atoms with Gasteiger partial charge in [0.2, 0.25) is 0 Å². The monoisotopic (exact) mass is 594 g/mol. The Hall–Kier alpha value is -4.32. The lowest BCUT2D eigenvalue weighted by Gasteiger charge is -2.52. The van der Waals surface area contributed by atoms with Gasteiger partial charge in [-0.25, -0.2) is 0 Å². The van der Waals surface area contributed by atoms with Crippen molar-refractivity contribution in [2.75, 3.05) is 49.4 Å². The molecule has 0 fully saturated rings. The molecule has 10 rings (SSSR count). The Morgan fingerprint density at radius 2 is 0.689 bits per heavy atom. The van der Waals surface area contributed by atoms with E-state index in [1.165, 1.54) is 101 Å². The molecule has 0 aromatic heterocycles. The molecule has 228 valence electrons. The van der Waals surface area contributed by atoms with Crippen LogP contribution in [0.25, 0.3) is 0 Å². The van der Waals surface area contributed by atoms with Crippen molar-refractivity contribution in [3.05, 3.63) is 103 Å². The fraction of sp³-hybridized carbons (Fsp3) is 0.385. The van der Waals surface area contributed by atoms with E-state index in [-0.39, 0.29) is 0 Å². The van der Waals surface area contributed by atoms with Gasteiger partial charge in [-0.1, -0.05) is 35.4 Å². The maximum Gasteiger partial charge on any atom is 0.0910 e. The van der Waals surface area contributed by atoms with Crippen molar-refractivity contribution in [1.82, 2.24) is 0 Å². The van der Waals surface area contributed by atoms with Gasteiger partial charge in [-0.15, -0.1) is 0 Å². The molecule has 6 aliphatic heterocycles. The van der Waals surface area contributed by atoms with Crippen LogP contribution in [0, 0.1) is 41.5 Å². The SMILES string of the molecule is Cc1ccc2c(c1)CN1CN2Cc2c(C)c3c(c(C)c21)CN1CN3Cc2c(C)c3c(c(C)c21)CN1CN3Cc2cc(C)ccc21. The van der Waals surface area contributed by atoms with E-state index in [2.05, 4.69) is 107 Å². The highest BCUT2D eigenvalue weighted by atomic mass is 15.4. The van der Waals surface area contributed by atoms with E-state index < -0.39 is 0 Å². The Labute approximate surface area is 267 Å². The molecule has 45 heavy (non-hydrogen) atoms. The first-order chi connectivity index (χ1) is 21.7. The summed E-state index contributed by atoms with van der Waals surface area (Å²) in [6.45, 7) is 23.0. The first-order valence-electron chi connectivity index (χ1n) is 16.7. The molecule has 6 aliphatic rings. The fourth-order valence-corrected chi connectivity index (χ4v) is 9.99. The summed E-state index contributed by atoms with van der Waals surface area (Å²) in [5.74, 6) is 0. The topological polar surface area (TPSA) is 19.4 Å². The standard InChI is InChI=1S/C39H42N6/c1-22-7-9-34-28(11-22)13-42-19-40(34)15-30-24(3)38-32(26(5)36(30)42)17-44-21-45(38)18-33-27(6)37-31(25(4)39(33)44)16-41-20-43(37)14-29-12-23(2)8-10-35(29)41/h7-12H,13-21H2,1-6H3. The minimum absolute atomic E-state index is 0.975. The van der Waals surface area contributed by atoms with Crippen LogP contribution in [0.4, 0.5) is 34.1 Å². The van der Waals surface area contributed by atoms with Gasteiger partial charge in [0.1, 0.15) is 0 Å². The number of nitrogens with zero attached hydrogens (tertiary/aromatic N) is 6. The number of benzene rings is 4. The molecule has 6 heteroatoms. The Morgan fingerprint density at radius 1 is 0.378 bits per heavy atom. The zero-order chi connectivity index (χ0) is 30.5. The molecule has 0 spiro atoms. The smallest absolute Gasteiger partial charge is 0.0910 e. The molecule has 6 nitrogen and oxygen atoms in total. The van der Waals surface area contributed by atoms with Crippen LogP contribution in [0.5, 0.6) is 0 Å². The molecule has 0 saturated carbocycles. The van der Waals surface area contributed by atoms with Crippen molar-refractivity contribution in [3.8, 4) is 0 Å². The van der Waals surface area contributed by atoms with Gasteiger partial charge in [0.15, 0.2) is 0 Å². The molecule has 6 heterocycles. The van der Waals surface area contributed by atoms with Gasteiger partial charge in [-0.2, -0.15) is 0 Å². The van der Waals surface area contributed by atoms with Gasteiger partial charge < -0.3 is 29.4 Å². The Bertz CT molecular complexity index is 1870. The van der Waals surface area contributed by atoms with E-state index >= 15 is 0 Å². The number of fused-ring (bicyclic) bond motifs is 18. The van der Waals surface area contributed by atoms with Gasteiger partial charge in [0.25, 0.3) is 0 Å². The van der Waals surface area contributed by atoms with Crippen LogP contribution >= 0.6 is 0 Å². The zero-order valence-corrected chi connectivity index (χ0v) is 27.5. The summed E-state index contributed by atoms with van der Waals surface area (Å²) in [6.07, 6.45) is 0. The number of rotatable bonds is 0. The molecule has 6 bridgehead atoms. The van der Waals surface area contributed by atoms with E-state index in [4.69, 9.17) is 0 Å². The van der Waals surface area contributed by atoms with E-state index in [1.807, 2.05) is 0 Å². The second-order valence-electron chi connectivity index (χ2n) is 14.7. The first kappa shape index (κ1) is 26.0. The number of anilines is 6. The quantitative estimate of drug-likeness (QED) is 0.209. The zero-order valence-electron chi connectivity index (χ0n) is 27.5. The highest BCUT2D eigenvalue weighted by molar-refractivity contribution is 5.85. The lowest BCUT2D eigenvalue weighted by atomic mass is 9.85. The van der Waals surface area contributed by atoms with Crippen LogP contribution in [0.15, 0.2) is 36.4 Å². The summed E-state index contributed by atoms with van der Waals surface area (Å²) in [6, 6.07) is 14.0. The van der Waals surface area contributed by atoms with Crippen molar-refractivity contribution in [2.45, 2.75) is 80.8 Å². The predicted octanol–water partition coefficient (Wildman–Crippen LogP) is 7.43. The van der Waals surface area contributed by atoms with Crippen LogP contribution in [0.3, 0.4) is 0 Å². The van der Waals surface area contributed by atoms with E-state index in [0.717, 1.165) is 59.3 Å². The Kier molecular flexibility index (Phi) is 5.01. The van der Waals surface area contributed by atoms with Crippen molar-refractivity contribution in [1.29, 1.82) is 0 Å². The Morgan fingerprint density at radius 3 is 1.07 bits per heavy atom. The largest absolute Gasteiger partial charge is 0.349 e. The van der Waals surface area contributed by atoms with Gasteiger partial charge in [-0.3, -0.25) is 0 Å². The second-order valence-corrected chi connectivity index (χ2v) is 14.7. The van der Waals surface area contributed by atoms with Gasteiger partial charge >= 0.3 is 0 Å². The van der Waals surface area contributed by atoms with E-state index in [0.29, 0.717) is 0 Å². The molecule has 0 N–H and O–H groups in total. The molecule has 4 aromatic rings. The molecular weight excluding hydrogens is 552 g/mol. The summed E-state index contributed by atoms with van der Waals surface area (Å²) >= 11 is 0. The average Bonchev–Trinajstić information content (AvgIpc) is 3.01. The summed E-state index contributed by atoms with van der Waals surface area (Å²) in [5.41, 5.74) is 26.6. The number of aryl methyl sites for hydroxylation is 2. The minimum Gasteiger partial charge on any atom is -0.349 e. The van der Waals surface area contributed by atoms with E-state index in [1.54, 1.807) is 0 Å². The van der Waals surface area contributed by atoms with Crippen molar-refractivity contribution in [3.63, 3.8) is 0 Å². The lowest BCUT2D eigenvalue weighted by Crippen LogP contribution is -2.51. The minimum atomic E-state index is 0.975. The van der Waals surface area contributed by atoms with Crippen molar-refractivity contribution >= 4 is 34.1 Å². The maximum absolute atomic E-state index is 2.71. The number of hydrogen-bond acceptors (Lipinski definition) is 6. The van der Waals surface area contributed by atoms with Crippen LogP contribution in [-0.2, 0) is 39.3 Å². The molecular formula is C39H42N6. The van der Waals surface area contributed by atoms with E-state index in [9.17, 15) is 0 Å². The highest BCUT2D eigenvalue weighted by Crippen LogP contribution is 2.52. The molecule has 0 amide bonds. The maximum atomic E-state index is 2.71. The van der Waals surface area contributed by atoms with Gasteiger partial charge in [-0.05, 0) is 87.1 Å². The van der Waals surface area contributed by atoms with Crippen LogP contribution in [-0.4, -0.2) is 20.0 Å². The Balaban J connectivity index is 1.08. The predicted molar refractivity (Wildman–Crippen MR) is 186 cm³/mol. The van der Waals surface area contributed by atoms with Crippen LogP contribution < -0.4 is 29.4 Å².